The van der Waals surface area contributed by atoms with Gasteiger partial charge in [0, 0.05) is 0 Å². The summed E-state index contributed by atoms with van der Waals surface area (Å²) in [5.74, 6) is 0.597. The van der Waals surface area contributed by atoms with Gasteiger partial charge in [0.2, 0.25) is 0 Å². The molecule has 0 radical (unpaired) electrons. The molecule has 5 N–H and O–H groups in total. The van der Waals surface area contributed by atoms with Crippen LogP contribution in [0.4, 0.5) is 0 Å². The Balaban J connectivity index is 1.27. The third-order valence-corrected chi connectivity index (χ3v) is 14.9. The second kappa shape index (κ2) is 10.7. The average Bonchev–Trinajstić information content (AvgIpc) is 2.93. The molecule has 5 aliphatic carbocycles. The summed E-state index contributed by atoms with van der Waals surface area (Å²) in [6, 6.07) is 0. The molecule has 14 atom stereocenters. The minimum atomic E-state index is -1.45. The van der Waals surface area contributed by atoms with Crippen LogP contribution in [0.3, 0.4) is 0 Å². The molecular formula is C36H58O8. The number of allylic oxidation sites excluding steroid dienone is 2. The SMILES string of the molecule is CC1(C)C[C@@H](C(=O)O)[C@@H]2CC[C@]3(C)C(=CC[C@@H]4[C@@]5(C)CC[C@H](O[C@@H]6O[C@H](CO)[C@H](O)[C@H](O)[C@H]6O)C(C)(C)[C@@H]5CC[C@]43C)[C@@H]2C1. The maximum atomic E-state index is 12.4. The average molecular weight is 619 g/mol. The number of carboxylic acids is 1. The van der Waals surface area contributed by atoms with Crippen molar-refractivity contribution in [3.05, 3.63) is 11.6 Å². The molecule has 4 saturated carbocycles. The Labute approximate surface area is 263 Å². The molecule has 1 aliphatic heterocycles. The molecule has 250 valence electrons. The number of hydrogen-bond donors (Lipinski definition) is 5. The van der Waals surface area contributed by atoms with Crippen molar-refractivity contribution < 1.29 is 39.8 Å². The zero-order valence-electron chi connectivity index (χ0n) is 28.0. The standard InChI is InChI=1S/C36H58O8/c1-32(2)16-20-19(21(17-32)30(41)42)10-14-35(6)22(20)8-9-25-34(5)13-12-26(33(3,4)24(34)11-15-36(25,35)7)44-31-29(40)28(39)27(38)23(18-37)43-31/h8,19-21,23-29,31,37-40H,9-18H2,1-7H3,(H,41,42)/t19-,20-,21-,23-,24+,25-,26+,27+,28+,29-,31+,34+,35-,36-/m1/s1. The first-order valence-electron chi connectivity index (χ1n) is 17.3. The third kappa shape index (κ3) is 4.62. The Kier molecular flexibility index (Phi) is 8.03. The zero-order chi connectivity index (χ0) is 32.2. The molecule has 0 spiro atoms. The minimum absolute atomic E-state index is 0.0219. The number of carboxylic acid groups (broad SMARTS) is 1. The smallest absolute Gasteiger partial charge is 0.306 e. The van der Waals surface area contributed by atoms with Crippen molar-refractivity contribution in [3.8, 4) is 0 Å². The lowest BCUT2D eigenvalue weighted by molar-refractivity contribution is -0.330. The molecule has 0 aromatic rings. The summed E-state index contributed by atoms with van der Waals surface area (Å²) in [6.45, 7) is 16.2. The number of rotatable bonds is 4. The van der Waals surface area contributed by atoms with Gasteiger partial charge in [0.25, 0.3) is 0 Å². The fourth-order valence-electron chi connectivity index (χ4n) is 12.4. The van der Waals surface area contributed by atoms with Crippen molar-refractivity contribution >= 4 is 5.97 Å². The van der Waals surface area contributed by atoms with Crippen molar-refractivity contribution in [2.24, 2.45) is 56.7 Å². The fourth-order valence-corrected chi connectivity index (χ4v) is 12.4. The monoisotopic (exact) mass is 618 g/mol. The van der Waals surface area contributed by atoms with Gasteiger partial charge in [-0.3, -0.25) is 4.79 Å². The van der Waals surface area contributed by atoms with E-state index in [-0.39, 0.29) is 45.0 Å². The Morgan fingerprint density at radius 2 is 1.61 bits per heavy atom. The molecule has 0 aromatic heterocycles. The Bertz CT molecular complexity index is 1160. The highest BCUT2D eigenvalue weighted by Crippen LogP contribution is 2.74. The van der Waals surface area contributed by atoms with E-state index >= 15 is 0 Å². The fraction of sp³-hybridized carbons (Fsp3) is 0.917. The highest BCUT2D eigenvalue weighted by molar-refractivity contribution is 5.71. The number of hydrogen-bond acceptors (Lipinski definition) is 7. The number of aliphatic hydroxyl groups is 4. The van der Waals surface area contributed by atoms with Crippen LogP contribution in [-0.4, -0.2) is 74.9 Å². The first-order valence-corrected chi connectivity index (χ1v) is 17.3. The van der Waals surface area contributed by atoms with Gasteiger partial charge in [-0.1, -0.05) is 60.1 Å². The summed E-state index contributed by atoms with van der Waals surface area (Å²) in [5, 5.41) is 51.2. The topological polar surface area (TPSA) is 137 Å². The number of carbonyl (C=O) groups is 1. The van der Waals surface area contributed by atoms with Crippen molar-refractivity contribution in [3.63, 3.8) is 0 Å². The molecule has 0 amide bonds. The molecule has 8 nitrogen and oxygen atoms in total. The molecular weight excluding hydrogens is 560 g/mol. The van der Waals surface area contributed by atoms with E-state index in [0.29, 0.717) is 17.8 Å². The lowest BCUT2D eigenvalue weighted by Crippen LogP contribution is -2.65. The summed E-state index contributed by atoms with van der Waals surface area (Å²) in [5.41, 5.74) is 1.62. The minimum Gasteiger partial charge on any atom is -0.481 e. The second-order valence-corrected chi connectivity index (χ2v) is 17.8. The van der Waals surface area contributed by atoms with E-state index in [2.05, 4.69) is 54.5 Å². The van der Waals surface area contributed by atoms with Crippen LogP contribution >= 0.6 is 0 Å². The molecule has 6 aliphatic rings. The number of ether oxygens (including phenoxy) is 2. The molecule has 0 unspecified atom stereocenters. The van der Waals surface area contributed by atoms with Crippen molar-refractivity contribution in [1.82, 2.24) is 0 Å². The van der Waals surface area contributed by atoms with Gasteiger partial charge in [-0.2, -0.15) is 0 Å². The highest BCUT2D eigenvalue weighted by atomic mass is 16.7. The van der Waals surface area contributed by atoms with Crippen LogP contribution in [0.5, 0.6) is 0 Å². The van der Waals surface area contributed by atoms with E-state index < -0.39 is 43.3 Å². The van der Waals surface area contributed by atoms with Crippen molar-refractivity contribution in [2.45, 2.75) is 143 Å². The van der Waals surface area contributed by atoms with Gasteiger partial charge in [-0.05, 0) is 109 Å². The van der Waals surface area contributed by atoms with Crippen LogP contribution in [0, 0.1) is 56.7 Å². The molecule has 6 rings (SSSR count). The van der Waals surface area contributed by atoms with Gasteiger partial charge >= 0.3 is 5.97 Å². The molecule has 8 heteroatoms. The van der Waals surface area contributed by atoms with Gasteiger partial charge in [0.15, 0.2) is 6.29 Å². The van der Waals surface area contributed by atoms with E-state index in [1.54, 1.807) is 5.57 Å². The van der Waals surface area contributed by atoms with Crippen LogP contribution < -0.4 is 0 Å². The summed E-state index contributed by atoms with van der Waals surface area (Å²) < 4.78 is 12.2. The van der Waals surface area contributed by atoms with E-state index in [1.165, 1.54) is 0 Å². The second-order valence-electron chi connectivity index (χ2n) is 17.8. The van der Waals surface area contributed by atoms with Gasteiger partial charge in [0.05, 0.1) is 18.6 Å². The van der Waals surface area contributed by atoms with Crippen LogP contribution in [0.15, 0.2) is 11.6 Å². The van der Waals surface area contributed by atoms with Crippen LogP contribution in [0.1, 0.15) is 106 Å². The van der Waals surface area contributed by atoms with Crippen molar-refractivity contribution in [2.75, 3.05) is 6.61 Å². The van der Waals surface area contributed by atoms with Gasteiger partial charge in [0.1, 0.15) is 24.4 Å². The zero-order valence-corrected chi connectivity index (χ0v) is 28.0. The van der Waals surface area contributed by atoms with Gasteiger partial charge in [-0.15, -0.1) is 0 Å². The molecule has 0 aromatic carbocycles. The van der Waals surface area contributed by atoms with E-state index in [4.69, 9.17) is 9.47 Å². The summed E-state index contributed by atoms with van der Waals surface area (Å²) in [6.07, 6.45) is 4.95. The van der Waals surface area contributed by atoms with Crippen LogP contribution in [-0.2, 0) is 14.3 Å². The number of aliphatic carboxylic acids is 1. The predicted molar refractivity (Wildman–Crippen MR) is 165 cm³/mol. The molecule has 1 heterocycles. The number of fused-ring (bicyclic) bond motifs is 7. The highest BCUT2D eigenvalue weighted by Gasteiger charge is 2.68. The summed E-state index contributed by atoms with van der Waals surface area (Å²) in [7, 11) is 0. The molecule has 1 saturated heterocycles. The van der Waals surface area contributed by atoms with E-state index in [0.717, 1.165) is 57.8 Å². The van der Waals surface area contributed by atoms with Gasteiger partial charge < -0.3 is 35.0 Å². The van der Waals surface area contributed by atoms with Crippen LogP contribution in [0.25, 0.3) is 0 Å². The van der Waals surface area contributed by atoms with Gasteiger partial charge in [-0.25, -0.2) is 0 Å². The normalized spacial score (nSPS) is 52.9. The number of aliphatic hydroxyl groups excluding tert-OH is 4. The predicted octanol–water partition coefficient (Wildman–Crippen LogP) is 4.91. The lowest BCUT2D eigenvalue weighted by Gasteiger charge is -2.71. The first-order chi connectivity index (χ1) is 20.4. The lowest BCUT2D eigenvalue weighted by atomic mass is 9.34. The quantitative estimate of drug-likeness (QED) is 0.221. The third-order valence-electron chi connectivity index (χ3n) is 14.9. The van der Waals surface area contributed by atoms with E-state index in [9.17, 15) is 30.3 Å². The first kappa shape index (κ1) is 32.9. The molecule has 44 heavy (non-hydrogen) atoms. The maximum Gasteiger partial charge on any atom is 0.306 e. The largest absolute Gasteiger partial charge is 0.481 e. The molecule has 5 fully saturated rings. The Morgan fingerprint density at radius 1 is 0.909 bits per heavy atom. The Morgan fingerprint density at radius 3 is 2.27 bits per heavy atom. The summed E-state index contributed by atoms with van der Waals surface area (Å²) >= 11 is 0. The van der Waals surface area contributed by atoms with Crippen LogP contribution in [0.2, 0.25) is 0 Å². The van der Waals surface area contributed by atoms with E-state index in [1.807, 2.05) is 0 Å². The van der Waals surface area contributed by atoms with Crippen molar-refractivity contribution in [1.29, 1.82) is 0 Å². The Hall–Kier alpha value is -1.03. The molecule has 0 bridgehead atoms. The summed E-state index contributed by atoms with van der Waals surface area (Å²) in [4.78, 5) is 12.4. The maximum absolute atomic E-state index is 12.4.